The zero-order valence-corrected chi connectivity index (χ0v) is 7.99. The molecule has 0 amide bonds. The van der Waals surface area contributed by atoms with Crippen LogP contribution in [-0.4, -0.2) is 9.67 Å². The van der Waals surface area contributed by atoms with E-state index in [4.69, 9.17) is 0 Å². The molecule has 0 aromatic carbocycles. The maximum Gasteiger partial charge on any atom is 0.0827 e. The van der Waals surface area contributed by atoms with Gasteiger partial charge in [0.1, 0.15) is 0 Å². The normalized spacial score (nSPS) is 13.8. The number of aliphatic hydroxyl groups is 1. The number of aryl methyl sites for hydroxylation is 1. The molecule has 12 heavy (non-hydrogen) atoms. The molecule has 0 bridgehead atoms. The van der Waals surface area contributed by atoms with Gasteiger partial charge in [-0.2, -0.15) is 0 Å². The van der Waals surface area contributed by atoms with Crippen LogP contribution in [0.3, 0.4) is 0 Å². The van der Waals surface area contributed by atoms with E-state index in [0.29, 0.717) is 0 Å². The highest BCUT2D eigenvalue weighted by molar-refractivity contribution is 5.13. The van der Waals surface area contributed by atoms with Crippen molar-refractivity contribution in [2.75, 3.05) is 0 Å². The Morgan fingerprint density at radius 3 is 2.58 bits per heavy atom. The third-order valence-corrected chi connectivity index (χ3v) is 2.11. The van der Waals surface area contributed by atoms with Crippen LogP contribution in [0.5, 0.6) is 0 Å². The molecular weight excluding hydrogens is 150 g/mol. The van der Waals surface area contributed by atoms with Gasteiger partial charge in [-0.15, -0.1) is 0 Å². The Labute approximate surface area is 73.8 Å². The summed E-state index contributed by atoms with van der Waals surface area (Å²) in [5.41, 5.74) is 1.02. The Morgan fingerprint density at radius 1 is 1.50 bits per heavy atom. The molecule has 0 radical (unpaired) electrons. The second-order valence-corrected chi connectivity index (χ2v) is 3.46. The molecule has 1 aromatic rings. The fraction of sp³-hybridized carbons (Fsp3) is 0.600. The molecule has 0 fully saturated rings. The fourth-order valence-corrected chi connectivity index (χ4v) is 1.22. The number of hydrogen-bond acceptors (Lipinski definition) is 1. The van der Waals surface area contributed by atoms with Crippen LogP contribution in [0.2, 0.25) is 0 Å². The van der Waals surface area contributed by atoms with Crippen molar-refractivity contribution in [1.29, 1.82) is 0 Å². The highest BCUT2D eigenvalue weighted by atomic mass is 16.3. The van der Waals surface area contributed by atoms with E-state index in [0.717, 1.165) is 12.1 Å². The van der Waals surface area contributed by atoms with Crippen molar-refractivity contribution in [3.8, 4) is 0 Å². The van der Waals surface area contributed by atoms with Crippen molar-refractivity contribution < 1.29 is 5.11 Å². The minimum Gasteiger partial charge on any atom is -0.388 e. The number of aromatic nitrogens is 1. The van der Waals surface area contributed by atoms with Crippen LogP contribution in [0, 0.1) is 5.92 Å². The lowest BCUT2D eigenvalue weighted by molar-refractivity contribution is 0.127. The molecule has 1 N–H and O–H groups in total. The van der Waals surface area contributed by atoms with Crippen LogP contribution in [0.15, 0.2) is 18.5 Å². The van der Waals surface area contributed by atoms with Crippen LogP contribution in [0.4, 0.5) is 0 Å². The third kappa shape index (κ3) is 1.89. The summed E-state index contributed by atoms with van der Waals surface area (Å²) < 4.78 is 2.07. The third-order valence-electron chi connectivity index (χ3n) is 2.11. The van der Waals surface area contributed by atoms with Crippen molar-refractivity contribution in [3.05, 3.63) is 24.0 Å². The van der Waals surface area contributed by atoms with Crippen molar-refractivity contribution in [3.63, 3.8) is 0 Å². The summed E-state index contributed by atoms with van der Waals surface area (Å²) in [4.78, 5) is 0. The van der Waals surface area contributed by atoms with Crippen molar-refractivity contribution >= 4 is 0 Å². The van der Waals surface area contributed by atoms with Gasteiger partial charge >= 0.3 is 0 Å². The summed E-state index contributed by atoms with van der Waals surface area (Å²) in [5.74, 6) is 0.290. The van der Waals surface area contributed by atoms with E-state index < -0.39 is 0 Å². The zero-order valence-electron chi connectivity index (χ0n) is 7.99. The fourth-order valence-electron chi connectivity index (χ4n) is 1.22. The molecule has 0 saturated carbocycles. The molecule has 2 heteroatoms. The first-order valence-electron chi connectivity index (χ1n) is 4.49. The molecule has 0 aliphatic heterocycles. The number of rotatable bonds is 3. The van der Waals surface area contributed by atoms with E-state index in [1.54, 1.807) is 0 Å². The molecule has 1 rings (SSSR count). The van der Waals surface area contributed by atoms with Crippen molar-refractivity contribution in [1.82, 2.24) is 4.57 Å². The summed E-state index contributed by atoms with van der Waals surface area (Å²) in [6.07, 6.45) is 3.68. The lowest BCUT2D eigenvalue weighted by atomic mass is 10.0. The minimum absolute atomic E-state index is 0.290. The smallest absolute Gasteiger partial charge is 0.0827 e. The largest absolute Gasteiger partial charge is 0.388 e. The van der Waals surface area contributed by atoms with E-state index in [1.165, 1.54) is 0 Å². The summed E-state index contributed by atoms with van der Waals surface area (Å²) in [7, 11) is 0. The van der Waals surface area contributed by atoms with Gasteiger partial charge in [0.25, 0.3) is 0 Å². The molecular formula is C10H17NO. The van der Waals surface area contributed by atoms with E-state index in [9.17, 15) is 5.11 Å². The Balaban J connectivity index is 2.74. The maximum absolute atomic E-state index is 9.69. The Morgan fingerprint density at radius 2 is 2.17 bits per heavy atom. The highest BCUT2D eigenvalue weighted by Crippen LogP contribution is 2.21. The van der Waals surface area contributed by atoms with Gasteiger partial charge in [-0.3, -0.25) is 0 Å². The van der Waals surface area contributed by atoms with Crippen LogP contribution >= 0.6 is 0 Å². The lowest BCUT2D eigenvalue weighted by Crippen LogP contribution is -2.04. The van der Waals surface area contributed by atoms with Gasteiger partial charge in [0.15, 0.2) is 0 Å². The number of aliphatic hydroxyl groups excluding tert-OH is 1. The lowest BCUT2D eigenvalue weighted by Gasteiger charge is -2.12. The second-order valence-electron chi connectivity index (χ2n) is 3.46. The zero-order chi connectivity index (χ0) is 9.14. The molecule has 0 saturated heterocycles. The van der Waals surface area contributed by atoms with Gasteiger partial charge < -0.3 is 9.67 Å². The first kappa shape index (κ1) is 9.33. The quantitative estimate of drug-likeness (QED) is 0.733. The molecule has 68 valence electrons. The first-order chi connectivity index (χ1) is 5.65. The summed E-state index contributed by atoms with van der Waals surface area (Å²) >= 11 is 0. The second kappa shape index (κ2) is 3.76. The minimum atomic E-state index is -0.321. The van der Waals surface area contributed by atoms with Crippen LogP contribution in [0.25, 0.3) is 0 Å². The SMILES string of the molecule is CCn1ccc(C(O)C(C)C)c1. The van der Waals surface area contributed by atoms with Gasteiger partial charge in [-0.1, -0.05) is 13.8 Å². The van der Waals surface area contributed by atoms with E-state index in [-0.39, 0.29) is 12.0 Å². The van der Waals surface area contributed by atoms with E-state index in [2.05, 4.69) is 11.5 Å². The van der Waals surface area contributed by atoms with E-state index >= 15 is 0 Å². The van der Waals surface area contributed by atoms with Crippen LogP contribution in [0.1, 0.15) is 32.4 Å². The van der Waals surface area contributed by atoms with Gasteiger partial charge in [0.05, 0.1) is 6.10 Å². The number of hydrogen-bond donors (Lipinski definition) is 1. The molecule has 1 heterocycles. The van der Waals surface area contributed by atoms with Gasteiger partial charge in [0, 0.05) is 18.9 Å². The summed E-state index contributed by atoms with van der Waals surface area (Å²) in [6.45, 7) is 7.10. The van der Waals surface area contributed by atoms with Gasteiger partial charge in [0.2, 0.25) is 0 Å². The topological polar surface area (TPSA) is 25.2 Å². The Kier molecular flexibility index (Phi) is 2.93. The predicted octanol–water partition coefficient (Wildman–Crippen LogP) is 2.20. The monoisotopic (exact) mass is 167 g/mol. The predicted molar refractivity (Wildman–Crippen MR) is 49.9 cm³/mol. The Hall–Kier alpha value is -0.760. The van der Waals surface area contributed by atoms with E-state index in [1.807, 2.05) is 32.3 Å². The molecule has 0 spiro atoms. The standard InChI is InChI=1S/C10H17NO/c1-4-11-6-5-9(7-11)10(12)8(2)3/h5-8,10,12H,4H2,1-3H3. The first-order valence-corrected chi connectivity index (χ1v) is 4.49. The van der Waals surface area contributed by atoms with Crippen LogP contribution in [-0.2, 0) is 6.54 Å². The van der Waals surface area contributed by atoms with Crippen molar-refractivity contribution in [2.24, 2.45) is 5.92 Å². The van der Waals surface area contributed by atoms with Gasteiger partial charge in [-0.25, -0.2) is 0 Å². The average Bonchev–Trinajstić information content (AvgIpc) is 2.50. The van der Waals surface area contributed by atoms with Crippen molar-refractivity contribution in [2.45, 2.75) is 33.4 Å². The summed E-state index contributed by atoms with van der Waals surface area (Å²) in [5, 5.41) is 9.69. The molecule has 0 aliphatic rings. The summed E-state index contributed by atoms with van der Waals surface area (Å²) in [6, 6.07) is 1.98. The Bertz CT molecular complexity index is 240. The molecule has 0 aliphatic carbocycles. The number of nitrogens with zero attached hydrogens (tertiary/aromatic N) is 1. The highest BCUT2D eigenvalue weighted by Gasteiger charge is 2.12. The van der Waals surface area contributed by atoms with Gasteiger partial charge in [-0.05, 0) is 24.5 Å². The molecule has 1 aromatic heterocycles. The average molecular weight is 167 g/mol. The van der Waals surface area contributed by atoms with Crippen LogP contribution < -0.4 is 0 Å². The molecule has 2 nitrogen and oxygen atoms in total. The maximum atomic E-state index is 9.69. The molecule has 1 unspecified atom stereocenters. The molecule has 1 atom stereocenters.